The van der Waals surface area contributed by atoms with E-state index in [1.54, 1.807) is 0 Å². The normalized spacial score (nSPS) is 12.8. The van der Waals surface area contributed by atoms with Crippen molar-refractivity contribution in [1.29, 1.82) is 0 Å². The van der Waals surface area contributed by atoms with Gasteiger partial charge in [0.1, 0.15) is 6.04 Å². The van der Waals surface area contributed by atoms with Gasteiger partial charge in [-0.25, -0.2) is 0 Å². The van der Waals surface area contributed by atoms with Gasteiger partial charge in [-0.3, -0.25) is 4.79 Å². The second-order valence-electron chi connectivity index (χ2n) is 3.68. The van der Waals surface area contributed by atoms with E-state index in [-0.39, 0.29) is 12.0 Å². The molecule has 1 unspecified atom stereocenters. The zero-order valence-electron chi connectivity index (χ0n) is 11.1. The topological polar surface area (TPSA) is 41.6 Å². The van der Waals surface area contributed by atoms with Crippen LogP contribution in [0, 0.1) is 0 Å². The molecule has 0 aliphatic carbocycles. The molecule has 0 bridgehead atoms. The minimum atomic E-state index is -0.162. The van der Waals surface area contributed by atoms with Crippen molar-refractivity contribution in [2.45, 2.75) is 40.2 Å². The van der Waals surface area contributed by atoms with E-state index in [0.29, 0.717) is 6.61 Å². The van der Waals surface area contributed by atoms with Crippen molar-refractivity contribution in [2.24, 2.45) is 0 Å². The zero-order valence-corrected chi connectivity index (χ0v) is 11.1. The molecule has 0 amide bonds. The van der Waals surface area contributed by atoms with E-state index in [0.717, 1.165) is 32.6 Å². The van der Waals surface area contributed by atoms with Crippen molar-refractivity contribution < 1.29 is 9.53 Å². The smallest absolute Gasteiger partial charge is 0.323 e. The van der Waals surface area contributed by atoms with E-state index in [2.05, 4.69) is 24.1 Å². The van der Waals surface area contributed by atoms with E-state index < -0.39 is 0 Å². The van der Waals surface area contributed by atoms with Crippen molar-refractivity contribution in [2.75, 3.05) is 32.8 Å². The van der Waals surface area contributed by atoms with Crippen molar-refractivity contribution in [3.63, 3.8) is 0 Å². The Balaban J connectivity index is 4.06. The molecule has 96 valence electrons. The minimum Gasteiger partial charge on any atom is -0.465 e. The molecule has 0 spiro atoms. The van der Waals surface area contributed by atoms with Crippen molar-refractivity contribution in [3.8, 4) is 0 Å². The van der Waals surface area contributed by atoms with Gasteiger partial charge in [0.25, 0.3) is 0 Å². The van der Waals surface area contributed by atoms with Crippen LogP contribution >= 0.6 is 0 Å². The van der Waals surface area contributed by atoms with Crippen LogP contribution in [0.15, 0.2) is 0 Å². The molecule has 0 heterocycles. The second kappa shape index (κ2) is 9.60. The molecular formula is C12H26N2O2. The second-order valence-corrected chi connectivity index (χ2v) is 3.68. The molecule has 16 heavy (non-hydrogen) atoms. The fourth-order valence-electron chi connectivity index (χ4n) is 1.64. The Morgan fingerprint density at radius 2 is 1.88 bits per heavy atom. The average Bonchev–Trinajstić information content (AvgIpc) is 2.29. The fraction of sp³-hybridized carbons (Fsp3) is 0.917. The van der Waals surface area contributed by atoms with Crippen molar-refractivity contribution in [3.05, 3.63) is 0 Å². The summed E-state index contributed by atoms with van der Waals surface area (Å²) < 4.78 is 5.04. The molecule has 4 heteroatoms. The van der Waals surface area contributed by atoms with E-state index >= 15 is 0 Å². The van der Waals surface area contributed by atoms with Gasteiger partial charge in [-0.2, -0.15) is 0 Å². The molecule has 0 fully saturated rings. The maximum absolute atomic E-state index is 11.6. The number of ether oxygens (including phenoxy) is 1. The lowest BCUT2D eigenvalue weighted by Gasteiger charge is -2.22. The number of likely N-dealkylation sites (N-methyl/N-ethyl adjacent to an activating group) is 1. The molecule has 0 saturated heterocycles. The Hall–Kier alpha value is -0.610. The fourth-order valence-corrected chi connectivity index (χ4v) is 1.64. The lowest BCUT2D eigenvalue weighted by atomic mass is 10.2. The first-order valence-corrected chi connectivity index (χ1v) is 6.31. The number of rotatable bonds is 9. The van der Waals surface area contributed by atoms with E-state index in [1.165, 1.54) is 0 Å². The largest absolute Gasteiger partial charge is 0.465 e. The molecule has 4 nitrogen and oxygen atoms in total. The monoisotopic (exact) mass is 230 g/mol. The Kier molecular flexibility index (Phi) is 9.24. The Bertz CT molecular complexity index is 182. The minimum absolute atomic E-state index is 0.128. The summed E-state index contributed by atoms with van der Waals surface area (Å²) in [7, 11) is 0. The Labute approximate surface area is 99.3 Å². The first-order chi connectivity index (χ1) is 7.69. The molecular weight excluding hydrogens is 204 g/mol. The first kappa shape index (κ1) is 15.4. The summed E-state index contributed by atoms with van der Waals surface area (Å²) in [6.45, 7) is 12.3. The number of nitrogens with one attached hydrogen (secondary N) is 1. The van der Waals surface area contributed by atoms with Crippen LogP contribution in [0.25, 0.3) is 0 Å². The van der Waals surface area contributed by atoms with Gasteiger partial charge >= 0.3 is 5.97 Å². The van der Waals surface area contributed by atoms with E-state index in [9.17, 15) is 4.79 Å². The first-order valence-electron chi connectivity index (χ1n) is 6.31. The summed E-state index contributed by atoms with van der Waals surface area (Å²) in [4.78, 5) is 13.9. The summed E-state index contributed by atoms with van der Waals surface area (Å²) in [5.74, 6) is -0.128. The molecule has 0 aromatic rings. The highest BCUT2D eigenvalue weighted by Crippen LogP contribution is 1.99. The maximum atomic E-state index is 11.6. The average molecular weight is 230 g/mol. The molecule has 0 aromatic carbocycles. The Morgan fingerprint density at radius 1 is 1.25 bits per heavy atom. The Morgan fingerprint density at radius 3 is 2.31 bits per heavy atom. The van der Waals surface area contributed by atoms with Crippen LogP contribution in [-0.4, -0.2) is 49.7 Å². The summed E-state index contributed by atoms with van der Waals surface area (Å²) >= 11 is 0. The number of nitrogens with zero attached hydrogens (tertiary/aromatic N) is 1. The van der Waals surface area contributed by atoms with Gasteiger partial charge in [0.05, 0.1) is 6.61 Å². The van der Waals surface area contributed by atoms with Gasteiger partial charge < -0.3 is 15.0 Å². The molecule has 0 rings (SSSR count). The molecule has 0 radical (unpaired) electrons. The van der Waals surface area contributed by atoms with Crippen LogP contribution in [0.2, 0.25) is 0 Å². The van der Waals surface area contributed by atoms with Gasteiger partial charge in [0, 0.05) is 6.54 Å². The van der Waals surface area contributed by atoms with E-state index in [1.807, 2.05) is 13.8 Å². The van der Waals surface area contributed by atoms with Crippen LogP contribution in [0.4, 0.5) is 0 Å². The molecule has 0 saturated carbocycles. The van der Waals surface area contributed by atoms with Crippen molar-refractivity contribution in [1.82, 2.24) is 10.2 Å². The quantitative estimate of drug-likeness (QED) is 0.606. The molecule has 1 N–H and O–H groups in total. The van der Waals surface area contributed by atoms with Gasteiger partial charge in [-0.15, -0.1) is 0 Å². The third-order valence-corrected chi connectivity index (χ3v) is 2.65. The number of carbonyl (C=O) groups is 1. The summed E-state index contributed by atoms with van der Waals surface area (Å²) in [5, 5.41) is 3.17. The lowest BCUT2D eigenvalue weighted by Crippen LogP contribution is -2.41. The highest BCUT2D eigenvalue weighted by molar-refractivity contribution is 5.75. The van der Waals surface area contributed by atoms with Crippen molar-refractivity contribution >= 4 is 5.97 Å². The van der Waals surface area contributed by atoms with E-state index in [4.69, 9.17) is 4.74 Å². The van der Waals surface area contributed by atoms with Crippen LogP contribution in [0.1, 0.15) is 34.1 Å². The SMILES string of the molecule is CCNC(CCN(CC)CC)C(=O)OCC. The summed E-state index contributed by atoms with van der Waals surface area (Å²) in [6, 6.07) is -0.162. The third-order valence-electron chi connectivity index (χ3n) is 2.65. The zero-order chi connectivity index (χ0) is 12.4. The predicted octanol–water partition coefficient (Wildman–Crippen LogP) is 1.26. The summed E-state index contributed by atoms with van der Waals surface area (Å²) in [6.07, 6.45) is 0.814. The van der Waals surface area contributed by atoms with Gasteiger partial charge in [0.2, 0.25) is 0 Å². The molecule has 0 aliphatic rings. The maximum Gasteiger partial charge on any atom is 0.323 e. The molecule has 0 aromatic heterocycles. The standard InChI is InChI=1S/C12H26N2O2/c1-5-13-11(12(15)16-8-4)9-10-14(6-2)7-3/h11,13H,5-10H2,1-4H3. The van der Waals surface area contributed by atoms with Crippen LogP contribution in [0.3, 0.4) is 0 Å². The third kappa shape index (κ3) is 6.08. The number of hydrogen-bond acceptors (Lipinski definition) is 4. The van der Waals surface area contributed by atoms with Gasteiger partial charge in [0.15, 0.2) is 0 Å². The predicted molar refractivity (Wildman–Crippen MR) is 66.5 cm³/mol. The van der Waals surface area contributed by atoms with Crippen LogP contribution in [-0.2, 0) is 9.53 Å². The van der Waals surface area contributed by atoms with Gasteiger partial charge in [-0.1, -0.05) is 20.8 Å². The number of hydrogen-bond donors (Lipinski definition) is 1. The molecule has 1 atom stereocenters. The molecule has 0 aliphatic heterocycles. The summed E-state index contributed by atoms with van der Waals surface area (Å²) in [5.41, 5.74) is 0. The number of carbonyl (C=O) groups excluding carboxylic acids is 1. The lowest BCUT2D eigenvalue weighted by molar-refractivity contribution is -0.145. The highest BCUT2D eigenvalue weighted by atomic mass is 16.5. The highest BCUT2D eigenvalue weighted by Gasteiger charge is 2.18. The number of esters is 1. The van der Waals surface area contributed by atoms with Crippen LogP contribution < -0.4 is 5.32 Å². The van der Waals surface area contributed by atoms with Crippen LogP contribution in [0.5, 0.6) is 0 Å². The van der Waals surface area contributed by atoms with Gasteiger partial charge in [-0.05, 0) is 33.0 Å².